The monoisotopic (exact) mass is 435 g/mol. The average molecular weight is 436 g/mol. The van der Waals surface area contributed by atoms with Crippen molar-refractivity contribution in [3.05, 3.63) is 59.7 Å². The molecule has 2 aromatic rings. The summed E-state index contributed by atoms with van der Waals surface area (Å²) in [4.78, 5) is 38.1. The van der Waals surface area contributed by atoms with Crippen molar-refractivity contribution in [2.24, 2.45) is 5.92 Å². The van der Waals surface area contributed by atoms with Crippen LogP contribution in [0.25, 0.3) is 0 Å². The molecule has 0 aliphatic heterocycles. The van der Waals surface area contributed by atoms with Crippen LogP contribution in [-0.2, 0) is 4.79 Å². The Balaban J connectivity index is 1.69. The SMILES string of the molecule is CCC(CC)C(=O)Nc1cccc(C(=O)Nc2ccccc2C(=O)NC2CCCCC2)c1. The van der Waals surface area contributed by atoms with Crippen LogP contribution in [0.4, 0.5) is 11.4 Å². The van der Waals surface area contributed by atoms with E-state index in [1.807, 2.05) is 13.8 Å². The van der Waals surface area contributed by atoms with Crippen molar-refractivity contribution in [2.75, 3.05) is 10.6 Å². The molecule has 0 aromatic heterocycles. The second-order valence-corrected chi connectivity index (χ2v) is 8.39. The summed E-state index contributed by atoms with van der Waals surface area (Å²) in [6.45, 7) is 3.97. The molecule has 0 atom stereocenters. The van der Waals surface area contributed by atoms with Gasteiger partial charge in [0.25, 0.3) is 11.8 Å². The molecule has 0 radical (unpaired) electrons. The molecule has 170 valence electrons. The number of hydrogen-bond acceptors (Lipinski definition) is 3. The summed E-state index contributed by atoms with van der Waals surface area (Å²) >= 11 is 0. The van der Waals surface area contributed by atoms with E-state index >= 15 is 0 Å². The van der Waals surface area contributed by atoms with Crippen LogP contribution in [0.1, 0.15) is 79.5 Å². The van der Waals surface area contributed by atoms with Gasteiger partial charge in [0.05, 0.1) is 11.3 Å². The molecule has 1 aliphatic carbocycles. The van der Waals surface area contributed by atoms with Crippen LogP contribution in [0.3, 0.4) is 0 Å². The topological polar surface area (TPSA) is 87.3 Å². The highest BCUT2D eigenvalue weighted by molar-refractivity contribution is 6.09. The van der Waals surface area contributed by atoms with E-state index < -0.39 is 0 Å². The molecule has 1 fully saturated rings. The summed E-state index contributed by atoms with van der Waals surface area (Å²) in [6.07, 6.45) is 7.01. The number of rotatable bonds is 8. The van der Waals surface area contributed by atoms with Crippen molar-refractivity contribution in [3.63, 3.8) is 0 Å². The lowest BCUT2D eigenvalue weighted by atomic mass is 9.95. The van der Waals surface area contributed by atoms with E-state index in [-0.39, 0.29) is 29.7 Å². The van der Waals surface area contributed by atoms with Gasteiger partial charge < -0.3 is 16.0 Å². The second kappa shape index (κ2) is 11.5. The smallest absolute Gasteiger partial charge is 0.255 e. The Kier molecular flexibility index (Phi) is 8.42. The molecule has 1 aliphatic rings. The quantitative estimate of drug-likeness (QED) is 0.520. The van der Waals surface area contributed by atoms with Crippen molar-refractivity contribution in [1.29, 1.82) is 0 Å². The summed E-state index contributed by atoms with van der Waals surface area (Å²) in [7, 11) is 0. The maximum atomic E-state index is 12.9. The van der Waals surface area contributed by atoms with Crippen molar-refractivity contribution in [1.82, 2.24) is 5.32 Å². The Labute approximate surface area is 190 Å². The molecular formula is C26H33N3O3. The molecular weight excluding hydrogens is 402 g/mol. The van der Waals surface area contributed by atoms with Gasteiger partial charge in [0.1, 0.15) is 0 Å². The third kappa shape index (κ3) is 6.19. The predicted octanol–water partition coefficient (Wildman–Crippen LogP) is 5.38. The summed E-state index contributed by atoms with van der Waals surface area (Å²) < 4.78 is 0. The fourth-order valence-corrected chi connectivity index (χ4v) is 4.14. The van der Waals surface area contributed by atoms with Gasteiger partial charge in [-0.3, -0.25) is 14.4 Å². The highest BCUT2D eigenvalue weighted by atomic mass is 16.2. The van der Waals surface area contributed by atoms with Crippen LogP contribution in [0.15, 0.2) is 48.5 Å². The van der Waals surface area contributed by atoms with Crippen LogP contribution < -0.4 is 16.0 Å². The number of benzene rings is 2. The van der Waals surface area contributed by atoms with Crippen LogP contribution in [0.2, 0.25) is 0 Å². The Morgan fingerprint density at radius 2 is 1.59 bits per heavy atom. The number of para-hydroxylation sites is 1. The van der Waals surface area contributed by atoms with Crippen molar-refractivity contribution in [2.45, 2.75) is 64.8 Å². The van der Waals surface area contributed by atoms with Crippen LogP contribution in [-0.4, -0.2) is 23.8 Å². The Hall–Kier alpha value is -3.15. The zero-order valence-electron chi connectivity index (χ0n) is 18.9. The maximum Gasteiger partial charge on any atom is 0.255 e. The molecule has 6 heteroatoms. The average Bonchev–Trinajstić information content (AvgIpc) is 2.81. The molecule has 0 bridgehead atoms. The maximum absolute atomic E-state index is 12.9. The van der Waals surface area contributed by atoms with Crippen LogP contribution >= 0.6 is 0 Å². The second-order valence-electron chi connectivity index (χ2n) is 8.39. The molecule has 3 amide bonds. The summed E-state index contributed by atoms with van der Waals surface area (Å²) in [5, 5.41) is 8.86. The van der Waals surface area contributed by atoms with Gasteiger partial charge >= 0.3 is 0 Å². The third-order valence-electron chi connectivity index (χ3n) is 6.11. The van der Waals surface area contributed by atoms with Gasteiger partial charge in [0.15, 0.2) is 0 Å². The molecule has 0 heterocycles. The zero-order chi connectivity index (χ0) is 22.9. The number of hydrogen-bond donors (Lipinski definition) is 3. The number of amides is 3. The van der Waals surface area contributed by atoms with Crippen LogP contribution in [0, 0.1) is 5.92 Å². The van der Waals surface area contributed by atoms with Gasteiger partial charge in [-0.2, -0.15) is 0 Å². The van der Waals surface area contributed by atoms with Crippen LogP contribution in [0.5, 0.6) is 0 Å². The molecule has 3 N–H and O–H groups in total. The molecule has 0 saturated heterocycles. The lowest BCUT2D eigenvalue weighted by Gasteiger charge is -2.23. The molecule has 3 rings (SSSR count). The lowest BCUT2D eigenvalue weighted by Crippen LogP contribution is -2.36. The molecule has 1 saturated carbocycles. The summed E-state index contributed by atoms with van der Waals surface area (Å²) in [5.74, 6) is -0.597. The minimum absolute atomic E-state index is 0.0442. The van der Waals surface area contributed by atoms with E-state index in [1.165, 1.54) is 6.42 Å². The normalized spacial score (nSPS) is 14.1. The number of nitrogens with one attached hydrogen (secondary N) is 3. The van der Waals surface area contributed by atoms with E-state index in [2.05, 4.69) is 16.0 Å². The lowest BCUT2D eigenvalue weighted by molar-refractivity contribution is -0.120. The van der Waals surface area contributed by atoms with Gasteiger partial charge in [0.2, 0.25) is 5.91 Å². The van der Waals surface area contributed by atoms with E-state index in [0.29, 0.717) is 22.5 Å². The first kappa shape index (κ1) is 23.5. The molecule has 2 aromatic carbocycles. The van der Waals surface area contributed by atoms with E-state index in [4.69, 9.17) is 0 Å². The predicted molar refractivity (Wildman–Crippen MR) is 128 cm³/mol. The standard InChI is InChI=1S/C26H33N3O3/c1-3-18(4-2)24(30)28-21-14-10-11-19(17-21)25(31)29-23-16-9-8-15-22(23)26(32)27-20-12-6-5-7-13-20/h8-11,14-18,20H,3-7,12-13H2,1-2H3,(H,27,32)(H,28,30)(H,29,31). The van der Waals surface area contributed by atoms with E-state index in [0.717, 1.165) is 38.5 Å². The van der Waals surface area contributed by atoms with Gasteiger partial charge in [0, 0.05) is 23.2 Å². The van der Waals surface area contributed by atoms with Gasteiger partial charge in [-0.1, -0.05) is 51.3 Å². The minimum atomic E-state index is -0.332. The first-order valence-corrected chi connectivity index (χ1v) is 11.6. The Morgan fingerprint density at radius 3 is 2.31 bits per heavy atom. The van der Waals surface area contributed by atoms with Crippen molar-refractivity contribution < 1.29 is 14.4 Å². The van der Waals surface area contributed by atoms with Gasteiger partial charge in [-0.15, -0.1) is 0 Å². The third-order valence-corrected chi connectivity index (χ3v) is 6.11. The largest absolute Gasteiger partial charge is 0.349 e. The van der Waals surface area contributed by atoms with Crippen molar-refractivity contribution in [3.8, 4) is 0 Å². The highest BCUT2D eigenvalue weighted by Gasteiger charge is 2.20. The van der Waals surface area contributed by atoms with E-state index in [1.54, 1.807) is 48.5 Å². The fraction of sp³-hybridized carbons (Fsp3) is 0.423. The minimum Gasteiger partial charge on any atom is -0.349 e. The Morgan fingerprint density at radius 1 is 0.875 bits per heavy atom. The summed E-state index contributed by atoms with van der Waals surface area (Å²) in [5.41, 5.74) is 1.91. The Bertz CT molecular complexity index is 947. The summed E-state index contributed by atoms with van der Waals surface area (Å²) in [6, 6.07) is 14.1. The molecule has 0 spiro atoms. The van der Waals surface area contributed by atoms with Gasteiger partial charge in [-0.05, 0) is 56.0 Å². The molecule has 6 nitrogen and oxygen atoms in total. The molecule has 32 heavy (non-hydrogen) atoms. The first-order chi connectivity index (χ1) is 15.5. The highest BCUT2D eigenvalue weighted by Crippen LogP contribution is 2.21. The number of anilines is 2. The first-order valence-electron chi connectivity index (χ1n) is 11.6. The zero-order valence-corrected chi connectivity index (χ0v) is 18.9. The van der Waals surface area contributed by atoms with Crippen molar-refractivity contribution >= 4 is 29.1 Å². The molecule has 0 unspecified atom stereocenters. The number of carbonyl (C=O) groups excluding carboxylic acids is 3. The fourth-order valence-electron chi connectivity index (χ4n) is 4.14. The number of carbonyl (C=O) groups is 3. The van der Waals surface area contributed by atoms with Gasteiger partial charge in [-0.25, -0.2) is 0 Å². The van der Waals surface area contributed by atoms with E-state index in [9.17, 15) is 14.4 Å².